The smallest absolute Gasteiger partial charge is 0.240 e. The van der Waals surface area contributed by atoms with Gasteiger partial charge in [-0.1, -0.05) is 12.8 Å². The zero-order chi connectivity index (χ0) is 11.4. The maximum absolute atomic E-state index is 11.6. The predicted molar refractivity (Wildman–Crippen MR) is 59.8 cm³/mol. The van der Waals surface area contributed by atoms with Gasteiger partial charge in [-0.15, -0.1) is 0 Å². The molecule has 15 heavy (non-hydrogen) atoms. The number of primary amides is 1. The summed E-state index contributed by atoms with van der Waals surface area (Å²) in [5.74, 6) is 2.39. The van der Waals surface area contributed by atoms with Gasteiger partial charge >= 0.3 is 0 Å². The number of nitrogens with zero attached hydrogens (tertiary/aromatic N) is 1. The van der Waals surface area contributed by atoms with Crippen molar-refractivity contribution in [3.05, 3.63) is 0 Å². The fourth-order valence-corrected chi connectivity index (χ4v) is 2.11. The second kappa shape index (κ2) is 5.17. The molecule has 0 bridgehead atoms. The van der Waals surface area contributed by atoms with Crippen LogP contribution in [-0.4, -0.2) is 29.3 Å². The lowest BCUT2D eigenvalue weighted by atomic mass is 10.1. The van der Waals surface area contributed by atoms with Crippen LogP contribution in [0.5, 0.6) is 0 Å². The monoisotopic (exact) mass is 272 g/mol. The van der Waals surface area contributed by atoms with Crippen molar-refractivity contribution in [2.24, 2.45) is 11.7 Å². The maximum atomic E-state index is 11.6. The van der Waals surface area contributed by atoms with Crippen LogP contribution in [0.4, 0.5) is 0 Å². The van der Waals surface area contributed by atoms with Gasteiger partial charge in [-0.05, 0) is 11.3 Å². The van der Waals surface area contributed by atoms with Crippen molar-refractivity contribution >= 4 is 27.7 Å². The standard InChI is InChI=1S/C10H13BrN2O2/c1-2-8(10(12)15)13-6-7(3-4-11)5-9(13)14/h7-8H,2,5-6H2,1H3,(H2,12,15)/t7?,8-/m1/s1. The molecule has 1 fully saturated rings. The van der Waals surface area contributed by atoms with Crippen LogP contribution in [0.25, 0.3) is 0 Å². The first-order chi connectivity index (χ1) is 7.10. The molecule has 1 saturated heterocycles. The third-order valence-electron chi connectivity index (χ3n) is 2.51. The number of hydrogen-bond acceptors (Lipinski definition) is 2. The highest BCUT2D eigenvalue weighted by Gasteiger charge is 2.35. The van der Waals surface area contributed by atoms with Crippen LogP contribution in [0.3, 0.4) is 0 Å². The molecule has 2 N–H and O–H groups in total. The minimum atomic E-state index is -0.486. The molecule has 0 aromatic carbocycles. The molecule has 2 atom stereocenters. The van der Waals surface area contributed by atoms with Crippen molar-refractivity contribution in [3.8, 4) is 10.8 Å². The van der Waals surface area contributed by atoms with E-state index in [0.29, 0.717) is 19.4 Å². The number of carbonyl (C=O) groups excluding carboxylic acids is 2. The Bertz CT molecular complexity index is 332. The second-order valence-corrected chi connectivity index (χ2v) is 3.91. The van der Waals surface area contributed by atoms with Crippen LogP contribution >= 0.6 is 15.9 Å². The highest BCUT2D eigenvalue weighted by Crippen LogP contribution is 2.20. The van der Waals surface area contributed by atoms with E-state index in [1.54, 1.807) is 0 Å². The minimum Gasteiger partial charge on any atom is -0.368 e. The summed E-state index contributed by atoms with van der Waals surface area (Å²) < 4.78 is 0. The van der Waals surface area contributed by atoms with Gasteiger partial charge in [-0.3, -0.25) is 9.59 Å². The molecule has 5 heteroatoms. The highest BCUT2D eigenvalue weighted by atomic mass is 79.9. The van der Waals surface area contributed by atoms with Crippen molar-refractivity contribution in [2.45, 2.75) is 25.8 Å². The Kier molecular flexibility index (Phi) is 4.15. The Morgan fingerprint density at radius 2 is 2.47 bits per heavy atom. The van der Waals surface area contributed by atoms with Gasteiger partial charge in [-0.25, -0.2) is 0 Å². The Morgan fingerprint density at radius 1 is 1.80 bits per heavy atom. The molecule has 1 aliphatic rings. The molecule has 0 aromatic heterocycles. The van der Waals surface area contributed by atoms with Gasteiger partial charge in [-0.2, -0.15) is 0 Å². The Labute approximate surface area is 97.3 Å². The first-order valence-electron chi connectivity index (χ1n) is 4.80. The summed E-state index contributed by atoms with van der Waals surface area (Å²) >= 11 is 3.00. The topological polar surface area (TPSA) is 63.4 Å². The number of likely N-dealkylation sites (tertiary alicyclic amines) is 1. The van der Waals surface area contributed by atoms with Crippen LogP contribution in [0.1, 0.15) is 19.8 Å². The van der Waals surface area contributed by atoms with Crippen molar-refractivity contribution < 1.29 is 9.59 Å². The predicted octanol–water partition coefficient (Wildman–Crippen LogP) is 0.455. The molecule has 1 aliphatic heterocycles. The lowest BCUT2D eigenvalue weighted by molar-refractivity contribution is -0.136. The summed E-state index contributed by atoms with van der Waals surface area (Å²) in [7, 11) is 0. The Morgan fingerprint density at radius 3 is 2.93 bits per heavy atom. The second-order valence-electron chi connectivity index (χ2n) is 3.51. The molecule has 0 saturated carbocycles. The van der Waals surface area contributed by atoms with Crippen molar-refractivity contribution in [2.75, 3.05) is 6.54 Å². The van der Waals surface area contributed by atoms with Gasteiger partial charge in [0.1, 0.15) is 6.04 Å². The van der Waals surface area contributed by atoms with E-state index in [1.165, 1.54) is 4.90 Å². The Hall–Kier alpha value is -1.02. The van der Waals surface area contributed by atoms with E-state index >= 15 is 0 Å². The van der Waals surface area contributed by atoms with Gasteiger partial charge in [0.05, 0.1) is 0 Å². The van der Waals surface area contributed by atoms with Gasteiger partial charge in [0.2, 0.25) is 11.8 Å². The zero-order valence-electron chi connectivity index (χ0n) is 8.50. The molecule has 1 unspecified atom stereocenters. The minimum absolute atomic E-state index is 0.00488. The van der Waals surface area contributed by atoms with Crippen LogP contribution in [0, 0.1) is 16.7 Å². The molecule has 0 aliphatic carbocycles. The molecular formula is C10H13BrN2O2. The molecule has 1 rings (SSSR count). The molecule has 1 heterocycles. The largest absolute Gasteiger partial charge is 0.368 e. The first-order valence-corrected chi connectivity index (χ1v) is 5.59. The quantitative estimate of drug-likeness (QED) is 0.759. The van der Waals surface area contributed by atoms with Crippen molar-refractivity contribution in [3.63, 3.8) is 0 Å². The van der Waals surface area contributed by atoms with Crippen LogP contribution in [-0.2, 0) is 9.59 Å². The molecule has 2 amide bonds. The number of nitrogens with two attached hydrogens (primary N) is 1. The van der Waals surface area contributed by atoms with E-state index < -0.39 is 11.9 Å². The first kappa shape index (κ1) is 12.1. The average Bonchev–Trinajstić information content (AvgIpc) is 2.49. The molecule has 82 valence electrons. The third-order valence-corrected chi connectivity index (χ3v) is 2.74. The summed E-state index contributed by atoms with van der Waals surface area (Å²) in [5.41, 5.74) is 5.23. The van der Waals surface area contributed by atoms with E-state index in [1.807, 2.05) is 6.92 Å². The van der Waals surface area contributed by atoms with Gasteiger partial charge in [0, 0.05) is 34.8 Å². The summed E-state index contributed by atoms with van der Waals surface area (Å²) in [4.78, 5) is 26.8. The van der Waals surface area contributed by atoms with Gasteiger partial charge in [0.15, 0.2) is 0 Å². The average molecular weight is 273 g/mol. The molecular weight excluding hydrogens is 260 g/mol. The van der Waals surface area contributed by atoms with E-state index in [-0.39, 0.29) is 11.8 Å². The normalized spacial score (nSPS) is 22.1. The number of hydrogen-bond donors (Lipinski definition) is 1. The maximum Gasteiger partial charge on any atom is 0.240 e. The zero-order valence-corrected chi connectivity index (χ0v) is 10.1. The van der Waals surface area contributed by atoms with Crippen LogP contribution in [0.2, 0.25) is 0 Å². The fourth-order valence-electron chi connectivity index (χ4n) is 1.78. The van der Waals surface area contributed by atoms with E-state index in [9.17, 15) is 9.59 Å². The Balaban J connectivity index is 2.74. The van der Waals surface area contributed by atoms with Crippen LogP contribution in [0.15, 0.2) is 0 Å². The third kappa shape index (κ3) is 2.72. The number of amides is 2. The van der Waals surface area contributed by atoms with E-state index in [2.05, 4.69) is 26.7 Å². The molecule has 0 aromatic rings. The fraction of sp³-hybridized carbons (Fsp3) is 0.600. The van der Waals surface area contributed by atoms with Crippen molar-refractivity contribution in [1.82, 2.24) is 4.90 Å². The summed E-state index contributed by atoms with van der Waals surface area (Å²) in [5, 5.41) is 0. The molecule has 0 radical (unpaired) electrons. The molecule has 0 spiro atoms. The SMILES string of the molecule is CC[C@H](C(N)=O)N1CC(C#CBr)CC1=O. The van der Waals surface area contributed by atoms with E-state index in [0.717, 1.165) is 0 Å². The van der Waals surface area contributed by atoms with E-state index in [4.69, 9.17) is 5.73 Å². The number of rotatable bonds is 3. The lowest BCUT2D eigenvalue weighted by Gasteiger charge is -2.23. The van der Waals surface area contributed by atoms with Crippen LogP contribution < -0.4 is 5.73 Å². The van der Waals surface area contributed by atoms with Gasteiger partial charge in [0.25, 0.3) is 0 Å². The lowest BCUT2D eigenvalue weighted by Crippen LogP contribution is -2.45. The van der Waals surface area contributed by atoms with Gasteiger partial charge < -0.3 is 10.6 Å². The molecule has 4 nitrogen and oxygen atoms in total. The highest BCUT2D eigenvalue weighted by molar-refractivity contribution is 9.12. The number of carbonyl (C=O) groups is 2. The summed E-state index contributed by atoms with van der Waals surface area (Å²) in [6.07, 6.45) is 0.928. The van der Waals surface area contributed by atoms with Crippen molar-refractivity contribution in [1.29, 1.82) is 0 Å². The summed E-state index contributed by atoms with van der Waals surface area (Å²) in [6, 6.07) is -0.486. The summed E-state index contributed by atoms with van der Waals surface area (Å²) in [6.45, 7) is 2.34. The number of halogens is 1.